The van der Waals surface area contributed by atoms with Gasteiger partial charge < -0.3 is 14.2 Å². The van der Waals surface area contributed by atoms with E-state index in [4.69, 9.17) is 37.4 Å². The molecule has 0 N–H and O–H groups in total. The fraction of sp³-hybridized carbons (Fsp3) is 0.242. The molecule has 10 heteroatoms. The summed E-state index contributed by atoms with van der Waals surface area (Å²) >= 11 is 13.6. The van der Waals surface area contributed by atoms with Gasteiger partial charge in [0.25, 0.3) is 5.56 Å². The number of allylic oxidation sites excluding steroid dienone is 1. The lowest BCUT2D eigenvalue weighted by atomic mass is 9.95. The van der Waals surface area contributed by atoms with Gasteiger partial charge in [0.15, 0.2) is 4.80 Å². The van der Waals surface area contributed by atoms with Crippen molar-refractivity contribution in [3.63, 3.8) is 0 Å². The lowest BCUT2D eigenvalue weighted by molar-refractivity contribution is -0.139. The summed E-state index contributed by atoms with van der Waals surface area (Å²) in [4.78, 5) is 32.6. The fourth-order valence-corrected chi connectivity index (χ4v) is 6.32. The third-order valence-corrected chi connectivity index (χ3v) is 8.27. The lowest BCUT2D eigenvalue weighted by Gasteiger charge is -2.26. The molecule has 5 rings (SSSR count). The van der Waals surface area contributed by atoms with Crippen LogP contribution in [-0.2, 0) is 16.1 Å². The minimum Gasteiger partial charge on any atom is -0.491 e. The molecule has 0 saturated heterocycles. The number of nitrogens with zero attached hydrogens (tertiary/aromatic N) is 2. The van der Waals surface area contributed by atoms with Crippen LogP contribution in [0.15, 0.2) is 87.8 Å². The van der Waals surface area contributed by atoms with Crippen molar-refractivity contribution in [2.45, 2.75) is 46.4 Å². The fourth-order valence-electron chi connectivity index (χ4n) is 4.82. The van der Waals surface area contributed by atoms with Crippen LogP contribution in [0.3, 0.4) is 0 Å². The van der Waals surface area contributed by atoms with E-state index in [0.717, 1.165) is 5.56 Å². The topological polar surface area (TPSA) is 79.1 Å². The number of esters is 1. The normalized spacial score (nSPS) is 14.9. The third kappa shape index (κ3) is 6.56. The Morgan fingerprint density at radius 2 is 1.79 bits per heavy atom. The van der Waals surface area contributed by atoms with Gasteiger partial charge in [-0.1, -0.05) is 77.0 Å². The van der Waals surface area contributed by atoms with Crippen LogP contribution in [0.2, 0.25) is 10.0 Å². The molecule has 0 amide bonds. The summed E-state index contributed by atoms with van der Waals surface area (Å²) in [5.74, 6) is 0.630. The molecule has 3 aromatic carbocycles. The second kappa shape index (κ2) is 13.2. The van der Waals surface area contributed by atoms with Gasteiger partial charge >= 0.3 is 5.97 Å². The molecule has 0 fully saturated rings. The Bertz CT molecular complexity index is 1890. The average molecular weight is 638 g/mol. The van der Waals surface area contributed by atoms with Crippen LogP contribution in [0.1, 0.15) is 50.4 Å². The van der Waals surface area contributed by atoms with Gasteiger partial charge in [-0.15, -0.1) is 0 Å². The zero-order valence-corrected chi connectivity index (χ0v) is 26.4. The molecule has 1 atom stereocenters. The molecular formula is C33H30Cl2N2O5S. The van der Waals surface area contributed by atoms with Crippen molar-refractivity contribution in [1.29, 1.82) is 0 Å². The Balaban J connectivity index is 1.62. The number of rotatable bonds is 9. The Hall–Kier alpha value is -3.85. The van der Waals surface area contributed by atoms with E-state index >= 15 is 0 Å². The molecule has 0 unspecified atom stereocenters. The summed E-state index contributed by atoms with van der Waals surface area (Å²) in [6, 6.07) is 19.3. The number of carbonyl (C=O) groups excluding carboxylic acids is 1. The van der Waals surface area contributed by atoms with Gasteiger partial charge in [0.1, 0.15) is 24.1 Å². The van der Waals surface area contributed by atoms with E-state index in [0.29, 0.717) is 53.3 Å². The molecule has 0 spiro atoms. The zero-order chi connectivity index (χ0) is 30.7. The summed E-state index contributed by atoms with van der Waals surface area (Å²) in [5.41, 5.74) is 2.65. The highest BCUT2D eigenvalue weighted by atomic mass is 35.5. The second-order valence-corrected chi connectivity index (χ2v) is 11.9. The summed E-state index contributed by atoms with van der Waals surface area (Å²) in [5, 5.41) is 1.05. The number of thiazole rings is 1. The van der Waals surface area contributed by atoms with E-state index in [-0.39, 0.29) is 24.9 Å². The van der Waals surface area contributed by atoms with Gasteiger partial charge in [-0.05, 0) is 58.0 Å². The maximum atomic E-state index is 14.1. The predicted molar refractivity (Wildman–Crippen MR) is 170 cm³/mol. The molecule has 0 aliphatic carbocycles. The first-order valence-corrected chi connectivity index (χ1v) is 15.4. The Morgan fingerprint density at radius 1 is 1.07 bits per heavy atom. The third-order valence-electron chi connectivity index (χ3n) is 6.70. The molecule has 0 radical (unpaired) electrons. The smallest absolute Gasteiger partial charge is 0.338 e. The standard InChI is InChI=1S/C33H30Cl2N2O5S/c1-5-40-32(39)29-20(4)36-33-37(30(29)24-11-7-9-13-27(24)42-19(2)3)31(38)28(43-33)16-21-10-6-8-12-26(21)41-18-22-14-15-23(34)17-25(22)35/h6-17,19,30H,5,18H2,1-4H3/b28-16-/t30-/m0/s1. The summed E-state index contributed by atoms with van der Waals surface area (Å²) in [6.07, 6.45) is 1.66. The average Bonchev–Trinajstić information content (AvgIpc) is 3.26. The van der Waals surface area contributed by atoms with E-state index in [1.807, 2.05) is 68.4 Å². The highest BCUT2D eigenvalue weighted by molar-refractivity contribution is 7.07. The van der Waals surface area contributed by atoms with E-state index in [2.05, 4.69) is 4.99 Å². The van der Waals surface area contributed by atoms with Gasteiger partial charge in [-0.25, -0.2) is 9.79 Å². The molecule has 0 saturated carbocycles. The van der Waals surface area contributed by atoms with Crippen molar-refractivity contribution in [1.82, 2.24) is 4.57 Å². The maximum Gasteiger partial charge on any atom is 0.338 e. The largest absolute Gasteiger partial charge is 0.491 e. The molecule has 2 heterocycles. The Labute approximate surface area is 263 Å². The van der Waals surface area contributed by atoms with Crippen LogP contribution in [-0.4, -0.2) is 23.2 Å². The zero-order valence-electron chi connectivity index (χ0n) is 24.1. The van der Waals surface area contributed by atoms with E-state index in [1.165, 1.54) is 11.3 Å². The number of hydrogen-bond donors (Lipinski definition) is 0. The molecule has 4 aromatic rings. The molecule has 43 heavy (non-hydrogen) atoms. The van der Waals surface area contributed by atoms with Crippen molar-refractivity contribution in [2.24, 2.45) is 4.99 Å². The predicted octanol–water partition coefficient (Wildman–Crippen LogP) is 6.47. The molecular weight excluding hydrogens is 607 g/mol. The van der Waals surface area contributed by atoms with Crippen LogP contribution in [0, 0.1) is 0 Å². The van der Waals surface area contributed by atoms with Gasteiger partial charge in [0.05, 0.1) is 28.5 Å². The first-order chi connectivity index (χ1) is 20.7. The SMILES string of the molecule is CCOC(=O)C1=C(C)N=c2s/c(=C\c3ccccc3OCc3ccc(Cl)cc3Cl)c(=O)n2[C@H]1c1ccccc1OC(C)C. The van der Waals surface area contributed by atoms with Crippen molar-refractivity contribution >= 4 is 46.6 Å². The van der Waals surface area contributed by atoms with Gasteiger partial charge in [0, 0.05) is 26.7 Å². The highest BCUT2D eigenvalue weighted by Crippen LogP contribution is 2.36. The second-order valence-electron chi connectivity index (χ2n) is 10.1. The Kier molecular flexibility index (Phi) is 9.40. The molecule has 0 bridgehead atoms. The monoisotopic (exact) mass is 636 g/mol. The van der Waals surface area contributed by atoms with Crippen molar-refractivity contribution < 1.29 is 19.0 Å². The quantitative estimate of drug-likeness (QED) is 0.197. The first kappa shape index (κ1) is 30.6. The molecule has 1 aromatic heterocycles. The molecule has 222 valence electrons. The number of carbonyl (C=O) groups is 1. The molecule has 1 aliphatic heterocycles. The van der Waals surface area contributed by atoms with E-state index < -0.39 is 12.0 Å². The minimum atomic E-state index is -0.786. The van der Waals surface area contributed by atoms with Crippen molar-refractivity contribution in [3.8, 4) is 11.5 Å². The minimum absolute atomic E-state index is 0.118. The van der Waals surface area contributed by atoms with Crippen molar-refractivity contribution in [2.75, 3.05) is 6.61 Å². The maximum absolute atomic E-state index is 14.1. The van der Waals surface area contributed by atoms with Crippen LogP contribution >= 0.6 is 34.5 Å². The van der Waals surface area contributed by atoms with Crippen molar-refractivity contribution in [3.05, 3.63) is 124 Å². The number of fused-ring (bicyclic) bond motifs is 1. The van der Waals surface area contributed by atoms with Crippen LogP contribution in [0.4, 0.5) is 0 Å². The number of ether oxygens (including phenoxy) is 3. The Morgan fingerprint density at radius 3 is 2.51 bits per heavy atom. The van der Waals surface area contributed by atoms with Gasteiger partial charge in [0.2, 0.25) is 0 Å². The molecule has 7 nitrogen and oxygen atoms in total. The van der Waals surface area contributed by atoms with E-state index in [9.17, 15) is 9.59 Å². The molecule has 1 aliphatic rings. The lowest BCUT2D eigenvalue weighted by Crippen LogP contribution is -2.40. The van der Waals surface area contributed by atoms with Crippen LogP contribution < -0.4 is 24.4 Å². The van der Waals surface area contributed by atoms with Gasteiger partial charge in [-0.3, -0.25) is 9.36 Å². The summed E-state index contributed by atoms with van der Waals surface area (Å²) in [7, 11) is 0. The van der Waals surface area contributed by atoms with Gasteiger partial charge in [-0.2, -0.15) is 0 Å². The summed E-state index contributed by atoms with van der Waals surface area (Å²) < 4.78 is 19.6. The summed E-state index contributed by atoms with van der Waals surface area (Å²) in [6.45, 7) is 7.76. The highest BCUT2D eigenvalue weighted by Gasteiger charge is 2.35. The van der Waals surface area contributed by atoms with E-state index in [1.54, 1.807) is 36.6 Å². The number of halogens is 2. The number of hydrogen-bond acceptors (Lipinski definition) is 7. The number of benzene rings is 3. The number of para-hydroxylation sites is 2. The number of aromatic nitrogens is 1. The van der Waals surface area contributed by atoms with Crippen LogP contribution in [0.25, 0.3) is 6.08 Å². The van der Waals surface area contributed by atoms with Crippen LogP contribution in [0.5, 0.6) is 11.5 Å². The first-order valence-electron chi connectivity index (χ1n) is 13.8.